The van der Waals surface area contributed by atoms with Gasteiger partial charge in [-0.05, 0) is 73.2 Å². The largest absolute Gasteiger partial charge is 0.394 e. The molecule has 53 heavy (non-hydrogen) atoms. The number of benzene rings is 2. The summed E-state index contributed by atoms with van der Waals surface area (Å²) in [6.07, 6.45) is -2.79. The van der Waals surface area contributed by atoms with Crippen LogP contribution in [0.15, 0.2) is 71.8 Å². The highest BCUT2D eigenvalue weighted by molar-refractivity contribution is 6.04. The smallest absolute Gasteiger partial charge is 0.251 e. The first-order valence-electron chi connectivity index (χ1n) is 17.3. The second kappa shape index (κ2) is 20.4. The highest BCUT2D eigenvalue weighted by Gasteiger charge is 2.49. The number of hydrogen-bond donors (Lipinski definition) is 8. The molecule has 4 rings (SSSR count). The lowest BCUT2D eigenvalue weighted by molar-refractivity contribution is -0.149. The van der Waals surface area contributed by atoms with E-state index in [1.165, 1.54) is 36.4 Å². The van der Waals surface area contributed by atoms with E-state index in [-0.39, 0.29) is 57.4 Å². The van der Waals surface area contributed by atoms with Crippen LogP contribution in [0, 0.1) is 17.6 Å². The number of anilines is 1. The monoisotopic (exact) mass is 747 g/mol. The number of allylic oxidation sites excluding steroid dienone is 2. The number of aliphatic hydroxyl groups excluding tert-OH is 6. The molecule has 0 aromatic heterocycles. The Kier molecular flexibility index (Phi) is 16.0. The number of ether oxygens (including phenoxy) is 2. The summed E-state index contributed by atoms with van der Waals surface area (Å²) >= 11 is 0. The van der Waals surface area contributed by atoms with Crippen molar-refractivity contribution < 1.29 is 63.3 Å². The molecule has 16 heteroatoms. The molecule has 1 saturated heterocycles. The van der Waals surface area contributed by atoms with Crippen LogP contribution in [0.25, 0.3) is 0 Å². The fourth-order valence-electron chi connectivity index (χ4n) is 6.10. The Morgan fingerprint density at radius 3 is 2.15 bits per heavy atom. The number of amides is 3. The van der Waals surface area contributed by atoms with Crippen LogP contribution in [0.2, 0.25) is 0 Å². The Morgan fingerprint density at radius 1 is 0.849 bits per heavy atom. The Balaban J connectivity index is 1.18. The first-order valence-corrected chi connectivity index (χ1v) is 17.3. The molecule has 2 aromatic carbocycles. The van der Waals surface area contributed by atoms with Gasteiger partial charge in [0.1, 0.15) is 36.6 Å². The number of halogens is 2. The highest BCUT2D eigenvalue weighted by Crippen LogP contribution is 2.42. The molecule has 1 aliphatic heterocycles. The average Bonchev–Trinajstić information content (AvgIpc) is 3.16. The third-order valence-electron chi connectivity index (χ3n) is 9.16. The summed E-state index contributed by atoms with van der Waals surface area (Å²) < 4.78 is 37.6. The molecule has 0 saturated carbocycles. The maximum atomic E-state index is 13.7. The lowest BCUT2D eigenvalue weighted by Crippen LogP contribution is -2.62. The van der Waals surface area contributed by atoms with Crippen molar-refractivity contribution in [3.05, 3.63) is 89.0 Å². The van der Waals surface area contributed by atoms with E-state index in [0.29, 0.717) is 36.9 Å². The van der Waals surface area contributed by atoms with Gasteiger partial charge in [-0.25, -0.2) is 8.78 Å². The van der Waals surface area contributed by atoms with E-state index in [1.54, 1.807) is 17.0 Å². The Labute approximate surface area is 305 Å². The van der Waals surface area contributed by atoms with Gasteiger partial charge in [-0.3, -0.25) is 14.4 Å². The molecule has 0 spiro atoms. The van der Waals surface area contributed by atoms with Crippen molar-refractivity contribution in [2.75, 3.05) is 51.0 Å². The summed E-state index contributed by atoms with van der Waals surface area (Å²) in [6.45, 7) is -0.652. The standard InChI is InChI=1S/C37H47F2N3O11/c38-25-7-5-23(6-8-25)29(44)14-13-28-32(42(37(28)51)27-11-9-26(39)10-12-27)24-3-1-22(2-4-24)19-41-31(46)21-53-18-17-52-16-15-40-36(50)35(49)34(48)33(47)30(45)20-43/h1,3,5-12,28-30,32-35,43-45,47-49H,2,4,13-21H2,(H,40,50)(H,41,46). The molecule has 1 heterocycles. The van der Waals surface area contributed by atoms with Gasteiger partial charge in [0.05, 0.1) is 44.5 Å². The normalized spacial score (nSPS) is 20.0. The number of hydrogen-bond acceptors (Lipinski definition) is 11. The van der Waals surface area contributed by atoms with Gasteiger partial charge in [0, 0.05) is 18.8 Å². The Morgan fingerprint density at radius 2 is 1.51 bits per heavy atom. The first kappa shape index (κ1) is 41.6. The van der Waals surface area contributed by atoms with E-state index >= 15 is 0 Å². The van der Waals surface area contributed by atoms with Crippen molar-refractivity contribution in [2.45, 2.75) is 62.2 Å². The fraction of sp³-hybridized carbons (Fsp3) is 0.486. The van der Waals surface area contributed by atoms with Crippen molar-refractivity contribution in [2.24, 2.45) is 5.92 Å². The zero-order chi connectivity index (χ0) is 38.5. The molecule has 0 radical (unpaired) electrons. The topological polar surface area (TPSA) is 218 Å². The van der Waals surface area contributed by atoms with Crippen molar-refractivity contribution in [3.8, 4) is 0 Å². The third kappa shape index (κ3) is 11.7. The Hall–Kier alpha value is -4.13. The number of carbonyl (C=O) groups excluding carboxylic acids is 3. The minimum atomic E-state index is -2.04. The molecular formula is C37H47F2N3O11. The summed E-state index contributed by atoms with van der Waals surface area (Å²) in [5.41, 5.74) is 3.10. The van der Waals surface area contributed by atoms with Crippen LogP contribution >= 0.6 is 0 Å². The van der Waals surface area contributed by atoms with Crippen molar-refractivity contribution >= 4 is 23.4 Å². The number of nitrogens with zero attached hydrogens (tertiary/aromatic N) is 1. The molecule has 14 nitrogen and oxygen atoms in total. The van der Waals surface area contributed by atoms with Gasteiger partial charge < -0.3 is 55.6 Å². The fourth-order valence-corrected chi connectivity index (χ4v) is 6.10. The minimum Gasteiger partial charge on any atom is -0.394 e. The van der Waals surface area contributed by atoms with Crippen LogP contribution in [0.3, 0.4) is 0 Å². The number of nitrogens with one attached hydrogen (secondary N) is 2. The van der Waals surface area contributed by atoms with E-state index in [2.05, 4.69) is 10.6 Å². The van der Waals surface area contributed by atoms with E-state index in [1.807, 2.05) is 12.2 Å². The SMILES string of the molecule is O=C(COCCOCCNC(=O)C(O)C(O)C(O)C(O)CO)NCC1=CC=C(C2C(CCC(O)c3ccc(F)cc3)C(=O)N2c2ccc(F)cc2)CC1. The van der Waals surface area contributed by atoms with Gasteiger partial charge in [0.15, 0.2) is 6.10 Å². The molecule has 8 N–H and O–H groups in total. The van der Waals surface area contributed by atoms with Gasteiger partial charge in [-0.2, -0.15) is 0 Å². The summed E-state index contributed by atoms with van der Waals surface area (Å²) in [4.78, 5) is 39.2. The molecule has 2 aliphatic rings. The van der Waals surface area contributed by atoms with E-state index in [0.717, 1.165) is 11.1 Å². The number of carbonyl (C=O) groups is 3. The maximum absolute atomic E-state index is 13.7. The Bertz CT molecular complexity index is 1570. The van der Waals surface area contributed by atoms with Gasteiger partial charge in [-0.15, -0.1) is 0 Å². The van der Waals surface area contributed by atoms with Crippen LogP contribution in [-0.4, -0.2) is 125 Å². The summed E-state index contributed by atoms with van der Waals surface area (Å²) in [5.74, 6) is -2.71. The van der Waals surface area contributed by atoms with E-state index in [9.17, 15) is 48.7 Å². The molecule has 1 aliphatic carbocycles. The van der Waals surface area contributed by atoms with Crippen LogP contribution in [0.4, 0.5) is 14.5 Å². The zero-order valence-electron chi connectivity index (χ0n) is 29.0. The van der Waals surface area contributed by atoms with E-state index < -0.39 is 60.6 Å². The molecule has 7 unspecified atom stereocenters. The number of rotatable bonds is 21. The predicted octanol–water partition coefficient (Wildman–Crippen LogP) is 0.158. The molecule has 7 atom stereocenters. The molecule has 1 fully saturated rings. The number of aliphatic hydroxyl groups is 6. The molecule has 0 bridgehead atoms. The van der Waals surface area contributed by atoms with Gasteiger partial charge in [0.25, 0.3) is 5.91 Å². The van der Waals surface area contributed by atoms with Gasteiger partial charge >= 0.3 is 0 Å². The predicted molar refractivity (Wildman–Crippen MR) is 186 cm³/mol. The molecule has 2 aromatic rings. The average molecular weight is 748 g/mol. The summed E-state index contributed by atoms with van der Waals surface area (Å²) in [7, 11) is 0. The van der Waals surface area contributed by atoms with Crippen molar-refractivity contribution in [1.29, 1.82) is 0 Å². The third-order valence-corrected chi connectivity index (χ3v) is 9.16. The minimum absolute atomic E-state index is 0.0188. The molecular weight excluding hydrogens is 700 g/mol. The maximum Gasteiger partial charge on any atom is 0.251 e. The molecule has 3 amide bonds. The second-order valence-electron chi connectivity index (χ2n) is 12.9. The lowest BCUT2D eigenvalue weighted by atomic mass is 9.75. The van der Waals surface area contributed by atoms with Crippen LogP contribution in [0.1, 0.15) is 37.4 Å². The first-order chi connectivity index (χ1) is 25.4. The zero-order valence-corrected chi connectivity index (χ0v) is 29.0. The van der Waals surface area contributed by atoms with Crippen molar-refractivity contribution in [1.82, 2.24) is 10.6 Å². The van der Waals surface area contributed by atoms with Crippen molar-refractivity contribution in [3.63, 3.8) is 0 Å². The summed E-state index contributed by atoms with van der Waals surface area (Å²) in [5, 5.41) is 63.0. The molecule has 290 valence electrons. The van der Waals surface area contributed by atoms with Crippen LogP contribution in [-0.2, 0) is 23.9 Å². The highest BCUT2D eigenvalue weighted by atomic mass is 19.1. The number of β-lactam (4-membered cyclic amide) rings is 1. The van der Waals surface area contributed by atoms with Gasteiger partial charge in [-0.1, -0.05) is 29.9 Å². The quantitative estimate of drug-likeness (QED) is 0.0636. The van der Waals surface area contributed by atoms with Gasteiger partial charge in [0.2, 0.25) is 11.8 Å². The van der Waals surface area contributed by atoms with Crippen LogP contribution in [0.5, 0.6) is 0 Å². The lowest BCUT2D eigenvalue weighted by Gasteiger charge is -2.49. The second-order valence-corrected chi connectivity index (χ2v) is 12.9. The summed E-state index contributed by atoms with van der Waals surface area (Å²) in [6, 6.07) is 11.0. The van der Waals surface area contributed by atoms with Crippen LogP contribution < -0.4 is 15.5 Å². The van der Waals surface area contributed by atoms with E-state index in [4.69, 9.17) is 14.6 Å².